The molecule has 0 amide bonds. The molecule has 1 aliphatic rings. The predicted molar refractivity (Wildman–Crippen MR) is 78.8 cm³/mol. The summed E-state index contributed by atoms with van der Waals surface area (Å²) in [5.41, 5.74) is 7.54. The summed E-state index contributed by atoms with van der Waals surface area (Å²) in [6.45, 7) is 2.91. The van der Waals surface area contributed by atoms with Crippen LogP contribution in [0.5, 0.6) is 0 Å². The van der Waals surface area contributed by atoms with Gasteiger partial charge in [-0.05, 0) is 37.0 Å². The first-order valence-corrected chi connectivity index (χ1v) is 8.40. The number of nitrogens with zero attached hydrogens (tertiary/aromatic N) is 1. The lowest BCUT2D eigenvalue weighted by Gasteiger charge is -2.18. The van der Waals surface area contributed by atoms with E-state index in [4.69, 9.17) is 5.73 Å². The molecule has 0 saturated carbocycles. The van der Waals surface area contributed by atoms with Gasteiger partial charge in [-0.15, -0.1) is 0 Å². The summed E-state index contributed by atoms with van der Waals surface area (Å²) in [5.74, 6) is 0. The highest BCUT2D eigenvalue weighted by Gasteiger charge is 2.37. The van der Waals surface area contributed by atoms with E-state index in [0.29, 0.717) is 13.0 Å². The Kier molecular flexibility index (Phi) is 4.47. The van der Waals surface area contributed by atoms with Crippen LogP contribution >= 0.6 is 0 Å². The third kappa shape index (κ3) is 2.92. The van der Waals surface area contributed by atoms with E-state index in [1.807, 2.05) is 24.3 Å². The normalized spacial score (nSPS) is 21.8. The molecule has 0 aliphatic carbocycles. The van der Waals surface area contributed by atoms with Crippen molar-refractivity contribution in [1.82, 2.24) is 0 Å². The molecule has 4 nitrogen and oxygen atoms in total. The average Bonchev–Trinajstić information content (AvgIpc) is 2.71. The van der Waals surface area contributed by atoms with Crippen LogP contribution in [0.4, 0.5) is 5.69 Å². The summed E-state index contributed by atoms with van der Waals surface area (Å²) in [5, 5.41) is -0.424. The van der Waals surface area contributed by atoms with E-state index in [1.54, 1.807) is 0 Å². The number of hydrogen-bond donors (Lipinski definition) is 1. The molecule has 1 heterocycles. The van der Waals surface area contributed by atoms with Gasteiger partial charge in [0.1, 0.15) is 0 Å². The molecule has 0 spiro atoms. The monoisotopic (exact) mass is 282 g/mol. The van der Waals surface area contributed by atoms with Gasteiger partial charge in [0.15, 0.2) is 0 Å². The van der Waals surface area contributed by atoms with Gasteiger partial charge in [0, 0.05) is 13.1 Å². The minimum atomic E-state index is -3.25. The first kappa shape index (κ1) is 14.3. The van der Waals surface area contributed by atoms with Crippen LogP contribution in [-0.4, -0.2) is 26.8 Å². The minimum absolute atomic E-state index is 0.202. The van der Waals surface area contributed by atoms with Crippen molar-refractivity contribution in [3.05, 3.63) is 29.8 Å². The number of aryl methyl sites for hydroxylation is 1. The Balaban J connectivity index is 2.15. The maximum atomic E-state index is 12.2. The third-order valence-electron chi connectivity index (χ3n) is 3.69. The van der Waals surface area contributed by atoms with Crippen molar-refractivity contribution in [2.24, 2.45) is 5.73 Å². The van der Waals surface area contributed by atoms with Gasteiger partial charge in [-0.25, -0.2) is 8.42 Å². The minimum Gasteiger partial charge on any atom is -0.329 e. The molecule has 1 saturated heterocycles. The summed E-state index contributed by atoms with van der Waals surface area (Å²) in [7, 11) is -3.25. The van der Waals surface area contributed by atoms with Gasteiger partial charge < -0.3 is 5.73 Å². The summed E-state index contributed by atoms with van der Waals surface area (Å²) >= 11 is 0. The zero-order valence-electron chi connectivity index (χ0n) is 11.4. The fourth-order valence-corrected chi connectivity index (χ4v) is 4.22. The molecule has 1 aromatic rings. The smallest absolute Gasteiger partial charge is 0.239 e. The molecule has 106 valence electrons. The van der Waals surface area contributed by atoms with Gasteiger partial charge in [-0.1, -0.05) is 25.5 Å². The number of benzene rings is 1. The van der Waals surface area contributed by atoms with Crippen LogP contribution in [0.15, 0.2) is 24.3 Å². The molecular formula is C14H22N2O2S. The summed E-state index contributed by atoms with van der Waals surface area (Å²) in [4.78, 5) is 0. The van der Waals surface area contributed by atoms with Crippen LogP contribution < -0.4 is 10.0 Å². The lowest BCUT2D eigenvalue weighted by atomic mass is 10.1. The molecule has 1 unspecified atom stereocenters. The topological polar surface area (TPSA) is 63.4 Å². The van der Waals surface area contributed by atoms with Crippen molar-refractivity contribution >= 4 is 15.7 Å². The van der Waals surface area contributed by atoms with E-state index in [1.165, 1.54) is 16.3 Å². The van der Waals surface area contributed by atoms with Crippen LogP contribution in [0.3, 0.4) is 0 Å². The second kappa shape index (κ2) is 5.92. The van der Waals surface area contributed by atoms with Crippen LogP contribution in [0.25, 0.3) is 0 Å². The van der Waals surface area contributed by atoms with E-state index in [-0.39, 0.29) is 6.54 Å². The van der Waals surface area contributed by atoms with Gasteiger partial charge in [0.25, 0.3) is 0 Å². The van der Waals surface area contributed by atoms with E-state index in [0.717, 1.165) is 18.5 Å². The Morgan fingerprint density at radius 1 is 1.32 bits per heavy atom. The third-order valence-corrected chi connectivity index (χ3v) is 5.97. The molecule has 2 N–H and O–H groups in total. The van der Waals surface area contributed by atoms with Crippen LogP contribution in [0.2, 0.25) is 0 Å². The maximum Gasteiger partial charge on any atom is 0.239 e. The van der Waals surface area contributed by atoms with Crippen molar-refractivity contribution < 1.29 is 8.42 Å². The quantitative estimate of drug-likeness (QED) is 0.897. The van der Waals surface area contributed by atoms with E-state index < -0.39 is 15.3 Å². The van der Waals surface area contributed by atoms with Crippen LogP contribution in [0, 0.1) is 0 Å². The summed E-state index contributed by atoms with van der Waals surface area (Å²) < 4.78 is 25.9. The highest BCUT2D eigenvalue weighted by molar-refractivity contribution is 7.93. The van der Waals surface area contributed by atoms with Crippen molar-refractivity contribution in [3.63, 3.8) is 0 Å². The first-order chi connectivity index (χ1) is 9.09. The molecule has 1 fully saturated rings. The lowest BCUT2D eigenvalue weighted by molar-refractivity contribution is 0.588. The van der Waals surface area contributed by atoms with Crippen molar-refractivity contribution in [3.8, 4) is 0 Å². The summed E-state index contributed by atoms with van der Waals surface area (Å²) in [6.07, 6.45) is 4.00. The highest BCUT2D eigenvalue weighted by atomic mass is 32.2. The van der Waals surface area contributed by atoms with Crippen molar-refractivity contribution in [1.29, 1.82) is 0 Å². The number of hydrogen-bond acceptors (Lipinski definition) is 3. The van der Waals surface area contributed by atoms with Gasteiger partial charge in [-0.3, -0.25) is 4.31 Å². The molecular weight excluding hydrogens is 260 g/mol. The molecule has 19 heavy (non-hydrogen) atoms. The molecule has 2 rings (SSSR count). The second-order valence-electron chi connectivity index (χ2n) is 5.03. The van der Waals surface area contributed by atoms with Gasteiger partial charge >= 0.3 is 0 Å². The SMILES string of the molecule is CCCCc1ccc(N2CCC(CN)S2(=O)=O)cc1. The standard InChI is InChI=1S/C14H22N2O2S/c1-2-3-4-12-5-7-13(8-6-12)16-10-9-14(11-15)19(16,17)18/h5-8,14H,2-4,9-11,15H2,1H3. The molecule has 1 aliphatic heterocycles. The number of sulfonamides is 1. The number of anilines is 1. The largest absolute Gasteiger partial charge is 0.329 e. The highest BCUT2D eigenvalue weighted by Crippen LogP contribution is 2.28. The zero-order valence-corrected chi connectivity index (χ0v) is 12.2. The van der Waals surface area contributed by atoms with E-state index in [9.17, 15) is 8.42 Å². The van der Waals surface area contributed by atoms with Gasteiger partial charge in [0.2, 0.25) is 10.0 Å². The zero-order chi connectivity index (χ0) is 13.9. The fraction of sp³-hybridized carbons (Fsp3) is 0.571. The Bertz CT molecular complexity index is 511. The fourth-order valence-electron chi connectivity index (χ4n) is 2.44. The Hall–Kier alpha value is -1.07. The number of rotatable bonds is 5. The van der Waals surface area contributed by atoms with E-state index >= 15 is 0 Å². The Labute approximate surface area is 115 Å². The van der Waals surface area contributed by atoms with Crippen LogP contribution in [-0.2, 0) is 16.4 Å². The lowest BCUT2D eigenvalue weighted by Crippen LogP contribution is -2.33. The number of unbranched alkanes of at least 4 members (excludes halogenated alkanes) is 1. The maximum absolute atomic E-state index is 12.2. The summed E-state index contributed by atoms with van der Waals surface area (Å²) in [6, 6.07) is 7.86. The Morgan fingerprint density at radius 2 is 2.00 bits per heavy atom. The molecule has 1 atom stereocenters. The van der Waals surface area contributed by atoms with Crippen molar-refractivity contribution in [2.75, 3.05) is 17.4 Å². The number of nitrogens with two attached hydrogens (primary N) is 1. The molecule has 0 aromatic heterocycles. The van der Waals surface area contributed by atoms with Crippen LogP contribution in [0.1, 0.15) is 31.7 Å². The average molecular weight is 282 g/mol. The van der Waals surface area contributed by atoms with Gasteiger partial charge in [-0.2, -0.15) is 0 Å². The molecule has 0 bridgehead atoms. The molecule has 5 heteroatoms. The predicted octanol–water partition coefficient (Wildman–Crippen LogP) is 1.90. The van der Waals surface area contributed by atoms with E-state index in [2.05, 4.69) is 6.92 Å². The Morgan fingerprint density at radius 3 is 2.53 bits per heavy atom. The first-order valence-electron chi connectivity index (χ1n) is 6.90. The second-order valence-corrected chi connectivity index (χ2v) is 7.17. The van der Waals surface area contributed by atoms with Crippen molar-refractivity contribution in [2.45, 2.75) is 37.9 Å². The molecule has 1 aromatic carbocycles. The van der Waals surface area contributed by atoms with Gasteiger partial charge in [0.05, 0.1) is 10.9 Å². The molecule has 0 radical (unpaired) electrons.